The molecule has 2 nitrogen and oxygen atoms in total. The van der Waals surface area contributed by atoms with Gasteiger partial charge in [-0.15, -0.1) is 0 Å². The molecule has 0 saturated heterocycles. The van der Waals surface area contributed by atoms with Crippen molar-refractivity contribution in [1.82, 2.24) is 0 Å². The van der Waals surface area contributed by atoms with E-state index >= 15 is 0 Å². The van der Waals surface area contributed by atoms with Gasteiger partial charge in [0.2, 0.25) is 0 Å². The molecule has 0 atom stereocenters. The van der Waals surface area contributed by atoms with Gasteiger partial charge in [0.15, 0.2) is 0 Å². The topological polar surface area (TPSA) is 32.6 Å². The van der Waals surface area contributed by atoms with Gasteiger partial charge in [-0.3, -0.25) is 0 Å². The summed E-state index contributed by atoms with van der Waals surface area (Å²) in [7, 11) is 0. The molecule has 0 amide bonds. The Labute approximate surface area is 54.6 Å². The molecule has 2 fully saturated rings. The first-order valence-corrected chi connectivity index (χ1v) is 3.63. The lowest BCUT2D eigenvalue weighted by molar-refractivity contribution is 0.315. The zero-order chi connectivity index (χ0) is 6.27. The van der Waals surface area contributed by atoms with E-state index in [1.165, 1.54) is 25.7 Å². The van der Waals surface area contributed by atoms with E-state index in [1.807, 2.05) is 0 Å². The molecule has 1 N–H and O–H groups in total. The molecule has 2 rings (SSSR count). The Bertz CT molecular complexity index is 131. The second kappa shape index (κ2) is 1.72. The van der Waals surface area contributed by atoms with Gasteiger partial charge in [0.1, 0.15) is 0 Å². The lowest BCUT2D eigenvalue weighted by atomic mass is 10.0. The normalized spacial score (nSPS) is 39.8. The second-order valence-electron chi connectivity index (χ2n) is 3.07. The fraction of sp³-hybridized carbons (Fsp3) is 0.857. The van der Waals surface area contributed by atoms with Crippen LogP contribution in [-0.2, 0) is 0 Å². The molecule has 50 valence electrons. The summed E-state index contributed by atoms with van der Waals surface area (Å²) in [6.07, 6.45) is 5.07. The minimum absolute atomic E-state index is 0.653. The Hall–Kier alpha value is -0.530. The zero-order valence-corrected chi connectivity index (χ0v) is 5.38. The van der Waals surface area contributed by atoms with Crippen molar-refractivity contribution in [3.8, 4) is 0 Å². The van der Waals surface area contributed by atoms with Crippen LogP contribution >= 0.6 is 0 Å². The van der Waals surface area contributed by atoms with Gasteiger partial charge in [-0.05, 0) is 25.7 Å². The molecule has 2 bridgehead atoms. The molecule has 2 saturated carbocycles. The Morgan fingerprint density at radius 3 is 1.78 bits per heavy atom. The average molecular weight is 125 g/mol. The molecule has 0 aromatic carbocycles. The first-order chi connectivity index (χ1) is 4.42. The summed E-state index contributed by atoms with van der Waals surface area (Å²) in [6.45, 7) is 0. The summed E-state index contributed by atoms with van der Waals surface area (Å²) in [5, 5.41) is 11.9. The largest absolute Gasteiger partial charge is 0.411 e. The maximum Gasteiger partial charge on any atom is 0.0632 e. The molecular weight excluding hydrogens is 114 g/mol. The number of hydrogen-bond donors (Lipinski definition) is 1. The van der Waals surface area contributed by atoms with Crippen LogP contribution in [0.1, 0.15) is 25.7 Å². The highest BCUT2D eigenvalue weighted by Gasteiger charge is 2.38. The number of oxime groups is 1. The smallest absolute Gasteiger partial charge is 0.0632 e. The van der Waals surface area contributed by atoms with Crippen molar-refractivity contribution in [2.45, 2.75) is 25.7 Å². The third-order valence-corrected chi connectivity index (χ3v) is 2.68. The van der Waals surface area contributed by atoms with E-state index in [0.29, 0.717) is 11.8 Å². The predicted octanol–water partition coefficient (Wildman–Crippen LogP) is 1.64. The average Bonchev–Trinajstić information content (AvgIpc) is 2.44. The monoisotopic (exact) mass is 125 g/mol. The van der Waals surface area contributed by atoms with Crippen LogP contribution in [0.2, 0.25) is 0 Å². The quantitative estimate of drug-likeness (QED) is 0.387. The number of nitrogens with zero attached hydrogens (tertiary/aromatic N) is 1. The van der Waals surface area contributed by atoms with Gasteiger partial charge in [-0.2, -0.15) is 0 Å². The van der Waals surface area contributed by atoms with Crippen LogP contribution in [0, 0.1) is 11.8 Å². The molecular formula is C7H11NO. The van der Waals surface area contributed by atoms with Crippen molar-refractivity contribution >= 4 is 5.71 Å². The minimum atomic E-state index is 0.653. The van der Waals surface area contributed by atoms with Gasteiger partial charge >= 0.3 is 0 Å². The Morgan fingerprint density at radius 2 is 1.56 bits per heavy atom. The van der Waals surface area contributed by atoms with E-state index in [1.54, 1.807) is 0 Å². The van der Waals surface area contributed by atoms with E-state index in [0.717, 1.165) is 5.71 Å². The highest BCUT2D eigenvalue weighted by Crippen LogP contribution is 2.41. The van der Waals surface area contributed by atoms with E-state index in [4.69, 9.17) is 5.21 Å². The third kappa shape index (κ3) is 0.590. The maximum absolute atomic E-state index is 8.53. The van der Waals surface area contributed by atoms with Crippen LogP contribution in [0.15, 0.2) is 5.16 Å². The molecule has 0 aromatic heterocycles. The summed E-state index contributed by atoms with van der Waals surface area (Å²) in [4.78, 5) is 0. The molecule has 0 unspecified atom stereocenters. The van der Waals surface area contributed by atoms with Gasteiger partial charge in [0.25, 0.3) is 0 Å². The Kier molecular flexibility index (Phi) is 1.01. The molecule has 9 heavy (non-hydrogen) atoms. The SMILES string of the molecule is ON=C1C2CCC1CC2. The van der Waals surface area contributed by atoms with Crippen molar-refractivity contribution < 1.29 is 5.21 Å². The standard InChI is InChI=1S/C7H11NO/c9-8-7-5-1-2-6(7)4-3-5/h5-6,9H,1-4H2. The minimum Gasteiger partial charge on any atom is -0.411 e. The van der Waals surface area contributed by atoms with Crippen LogP contribution in [0.5, 0.6) is 0 Å². The first kappa shape index (κ1) is 5.27. The number of rotatable bonds is 0. The molecule has 0 heterocycles. The van der Waals surface area contributed by atoms with Gasteiger partial charge in [0.05, 0.1) is 5.71 Å². The molecule has 0 radical (unpaired) electrons. The van der Waals surface area contributed by atoms with Crippen LogP contribution in [0.4, 0.5) is 0 Å². The number of fused-ring (bicyclic) bond motifs is 2. The molecule has 2 heteroatoms. The van der Waals surface area contributed by atoms with Crippen LogP contribution in [-0.4, -0.2) is 10.9 Å². The van der Waals surface area contributed by atoms with Crippen molar-refractivity contribution in [3.63, 3.8) is 0 Å². The first-order valence-electron chi connectivity index (χ1n) is 3.63. The lowest BCUT2D eigenvalue weighted by Crippen LogP contribution is -2.02. The van der Waals surface area contributed by atoms with Crippen LogP contribution < -0.4 is 0 Å². The molecule has 0 aliphatic heterocycles. The van der Waals surface area contributed by atoms with E-state index in [2.05, 4.69) is 5.16 Å². The van der Waals surface area contributed by atoms with Gasteiger partial charge < -0.3 is 5.21 Å². The predicted molar refractivity (Wildman–Crippen MR) is 34.7 cm³/mol. The molecule has 2 aliphatic carbocycles. The van der Waals surface area contributed by atoms with Crippen molar-refractivity contribution in [1.29, 1.82) is 0 Å². The lowest BCUT2D eigenvalue weighted by Gasteiger charge is -2.03. The van der Waals surface area contributed by atoms with Gasteiger partial charge in [-0.25, -0.2) is 0 Å². The van der Waals surface area contributed by atoms with Crippen LogP contribution in [0.3, 0.4) is 0 Å². The summed E-state index contributed by atoms with van der Waals surface area (Å²) >= 11 is 0. The summed E-state index contributed by atoms with van der Waals surface area (Å²) in [5.41, 5.74) is 1.09. The fourth-order valence-electron chi connectivity index (χ4n) is 2.18. The van der Waals surface area contributed by atoms with Crippen molar-refractivity contribution in [2.24, 2.45) is 17.0 Å². The summed E-state index contributed by atoms with van der Waals surface area (Å²) in [5.74, 6) is 1.31. The summed E-state index contributed by atoms with van der Waals surface area (Å²) < 4.78 is 0. The molecule has 0 spiro atoms. The van der Waals surface area contributed by atoms with Crippen LogP contribution in [0.25, 0.3) is 0 Å². The van der Waals surface area contributed by atoms with Gasteiger partial charge in [-0.1, -0.05) is 5.16 Å². The van der Waals surface area contributed by atoms with E-state index in [9.17, 15) is 0 Å². The second-order valence-corrected chi connectivity index (χ2v) is 3.07. The van der Waals surface area contributed by atoms with E-state index in [-0.39, 0.29) is 0 Å². The summed E-state index contributed by atoms with van der Waals surface area (Å²) in [6, 6.07) is 0. The highest BCUT2D eigenvalue weighted by molar-refractivity contribution is 5.92. The molecule has 2 aliphatic rings. The van der Waals surface area contributed by atoms with Gasteiger partial charge in [0, 0.05) is 11.8 Å². The molecule has 0 aromatic rings. The van der Waals surface area contributed by atoms with Crippen molar-refractivity contribution in [2.75, 3.05) is 0 Å². The Balaban J connectivity index is 2.26. The van der Waals surface area contributed by atoms with Crippen molar-refractivity contribution in [3.05, 3.63) is 0 Å². The Morgan fingerprint density at radius 1 is 1.11 bits per heavy atom. The fourth-order valence-corrected chi connectivity index (χ4v) is 2.18. The maximum atomic E-state index is 8.53. The number of hydrogen-bond acceptors (Lipinski definition) is 2. The zero-order valence-electron chi connectivity index (χ0n) is 5.38. The van der Waals surface area contributed by atoms with E-state index < -0.39 is 0 Å². The highest BCUT2D eigenvalue weighted by atomic mass is 16.4. The third-order valence-electron chi connectivity index (χ3n) is 2.68.